The van der Waals surface area contributed by atoms with Crippen molar-refractivity contribution < 1.29 is 23.8 Å². The van der Waals surface area contributed by atoms with Crippen LogP contribution in [-0.2, 0) is 4.79 Å². The zero-order chi connectivity index (χ0) is 13.4. The predicted octanol–water partition coefficient (Wildman–Crippen LogP) is 0.814. The molecule has 2 unspecified atom stereocenters. The Morgan fingerprint density at radius 3 is 2.44 bits per heavy atom. The summed E-state index contributed by atoms with van der Waals surface area (Å²) >= 11 is 0. The predicted molar refractivity (Wildman–Crippen MR) is 60.1 cm³/mol. The third-order valence-corrected chi connectivity index (χ3v) is 4.19. The molecular weight excluding hydrogens is 244 g/mol. The molecule has 18 heavy (non-hydrogen) atoms. The lowest BCUT2D eigenvalue weighted by Gasteiger charge is -2.41. The number of hydrogen-bond acceptors (Lipinski definition) is 3. The number of rotatable bonds is 4. The minimum absolute atomic E-state index is 0.0422. The molecule has 1 amide bonds. The standard InChI is InChI=1S/C12H19F2NO3/c13-12(14,11(18)5-2-6-11)10(17)15-7-8-3-1-4-9(8)16/h8-9,16,18H,1-7H2,(H,15,17). The Morgan fingerprint density at radius 2 is 2.00 bits per heavy atom. The number of alkyl halides is 2. The fraction of sp³-hybridized carbons (Fsp3) is 0.917. The van der Waals surface area contributed by atoms with Crippen molar-refractivity contribution in [3.05, 3.63) is 0 Å². The monoisotopic (exact) mass is 263 g/mol. The van der Waals surface area contributed by atoms with E-state index in [1.54, 1.807) is 0 Å². The first-order valence-electron chi connectivity index (χ1n) is 6.43. The van der Waals surface area contributed by atoms with Crippen LogP contribution in [0, 0.1) is 5.92 Å². The molecule has 2 aliphatic rings. The summed E-state index contributed by atoms with van der Waals surface area (Å²) < 4.78 is 27.4. The van der Waals surface area contributed by atoms with Gasteiger partial charge >= 0.3 is 5.92 Å². The molecule has 0 aromatic carbocycles. The molecule has 0 aromatic rings. The molecule has 0 heterocycles. The van der Waals surface area contributed by atoms with Crippen molar-refractivity contribution in [2.75, 3.05) is 6.54 Å². The molecule has 0 bridgehead atoms. The van der Waals surface area contributed by atoms with Gasteiger partial charge in [0.1, 0.15) is 5.60 Å². The van der Waals surface area contributed by atoms with Gasteiger partial charge in [0.2, 0.25) is 0 Å². The highest BCUT2D eigenvalue weighted by Crippen LogP contribution is 2.44. The summed E-state index contributed by atoms with van der Waals surface area (Å²) in [5.74, 6) is -5.32. The van der Waals surface area contributed by atoms with Crippen LogP contribution >= 0.6 is 0 Å². The number of hydrogen-bond donors (Lipinski definition) is 3. The van der Waals surface area contributed by atoms with E-state index in [1.165, 1.54) is 0 Å². The van der Waals surface area contributed by atoms with E-state index in [9.17, 15) is 23.8 Å². The van der Waals surface area contributed by atoms with Crippen LogP contribution in [0.15, 0.2) is 0 Å². The van der Waals surface area contributed by atoms with E-state index in [2.05, 4.69) is 5.32 Å². The highest BCUT2D eigenvalue weighted by molar-refractivity contribution is 5.85. The lowest BCUT2D eigenvalue weighted by Crippen LogP contribution is -2.61. The van der Waals surface area contributed by atoms with Gasteiger partial charge in [-0.25, -0.2) is 0 Å². The van der Waals surface area contributed by atoms with Crippen LogP contribution in [0.2, 0.25) is 0 Å². The Balaban J connectivity index is 1.87. The summed E-state index contributed by atoms with van der Waals surface area (Å²) in [5.41, 5.74) is -2.18. The van der Waals surface area contributed by atoms with Gasteiger partial charge in [0.25, 0.3) is 5.91 Å². The lowest BCUT2D eigenvalue weighted by molar-refractivity contribution is -0.216. The van der Waals surface area contributed by atoms with Crippen molar-refractivity contribution >= 4 is 5.91 Å². The summed E-state index contributed by atoms with van der Waals surface area (Å²) in [6.45, 7) is 0.0473. The van der Waals surface area contributed by atoms with Gasteiger partial charge in [0.05, 0.1) is 6.10 Å². The maximum Gasteiger partial charge on any atom is 0.352 e. The Bertz CT molecular complexity index is 331. The first-order chi connectivity index (χ1) is 8.37. The molecule has 104 valence electrons. The van der Waals surface area contributed by atoms with Crippen molar-refractivity contribution in [3.63, 3.8) is 0 Å². The average molecular weight is 263 g/mol. The largest absolute Gasteiger partial charge is 0.393 e. The molecule has 2 fully saturated rings. The number of carbonyl (C=O) groups excluding carboxylic acids is 1. The van der Waals surface area contributed by atoms with Crippen molar-refractivity contribution in [1.29, 1.82) is 0 Å². The molecule has 0 spiro atoms. The van der Waals surface area contributed by atoms with E-state index in [1.807, 2.05) is 0 Å². The van der Waals surface area contributed by atoms with E-state index in [4.69, 9.17) is 0 Å². The smallest absolute Gasteiger partial charge is 0.352 e. The molecule has 0 aliphatic heterocycles. The van der Waals surface area contributed by atoms with Crippen LogP contribution in [0.1, 0.15) is 38.5 Å². The van der Waals surface area contributed by atoms with Gasteiger partial charge in [-0.1, -0.05) is 6.42 Å². The molecule has 3 N–H and O–H groups in total. The van der Waals surface area contributed by atoms with Crippen LogP contribution in [0.25, 0.3) is 0 Å². The fourth-order valence-electron chi connectivity index (χ4n) is 2.63. The number of aliphatic hydroxyl groups excluding tert-OH is 1. The molecule has 2 aliphatic carbocycles. The topological polar surface area (TPSA) is 69.6 Å². The zero-order valence-corrected chi connectivity index (χ0v) is 10.2. The Morgan fingerprint density at radius 1 is 1.33 bits per heavy atom. The van der Waals surface area contributed by atoms with E-state index in [0.717, 1.165) is 12.8 Å². The van der Waals surface area contributed by atoms with Crippen molar-refractivity contribution in [2.45, 2.75) is 56.2 Å². The van der Waals surface area contributed by atoms with Crippen molar-refractivity contribution in [2.24, 2.45) is 5.92 Å². The maximum absolute atomic E-state index is 13.7. The fourth-order valence-corrected chi connectivity index (χ4v) is 2.63. The quantitative estimate of drug-likeness (QED) is 0.703. The summed E-state index contributed by atoms with van der Waals surface area (Å²) in [4.78, 5) is 11.5. The minimum Gasteiger partial charge on any atom is -0.393 e. The second kappa shape index (κ2) is 4.74. The number of aliphatic hydroxyl groups is 2. The molecule has 2 atom stereocenters. The minimum atomic E-state index is -3.74. The van der Waals surface area contributed by atoms with E-state index in [0.29, 0.717) is 12.8 Å². The third-order valence-electron chi connectivity index (χ3n) is 4.19. The van der Waals surface area contributed by atoms with Crippen LogP contribution in [0.3, 0.4) is 0 Å². The molecule has 2 rings (SSSR count). The highest BCUT2D eigenvalue weighted by Gasteiger charge is 2.61. The highest BCUT2D eigenvalue weighted by atomic mass is 19.3. The lowest BCUT2D eigenvalue weighted by atomic mass is 9.75. The van der Waals surface area contributed by atoms with E-state index < -0.39 is 23.5 Å². The molecule has 2 saturated carbocycles. The Labute approximate surface area is 104 Å². The van der Waals surface area contributed by atoms with Gasteiger partial charge in [-0.3, -0.25) is 4.79 Å². The number of amides is 1. The molecule has 6 heteroatoms. The number of nitrogens with one attached hydrogen (secondary N) is 1. The second-order valence-corrected chi connectivity index (χ2v) is 5.43. The summed E-state index contributed by atoms with van der Waals surface area (Å²) in [6, 6.07) is 0. The normalized spacial score (nSPS) is 30.9. The van der Waals surface area contributed by atoms with Crippen molar-refractivity contribution in [1.82, 2.24) is 5.32 Å². The van der Waals surface area contributed by atoms with Gasteiger partial charge in [-0.2, -0.15) is 8.78 Å². The summed E-state index contributed by atoms with van der Waals surface area (Å²) in [5, 5.41) is 21.3. The molecule has 0 aromatic heterocycles. The average Bonchev–Trinajstić information content (AvgIpc) is 2.68. The van der Waals surface area contributed by atoms with Crippen LogP contribution in [0.4, 0.5) is 8.78 Å². The van der Waals surface area contributed by atoms with Gasteiger partial charge in [0.15, 0.2) is 0 Å². The van der Waals surface area contributed by atoms with Crippen LogP contribution in [0.5, 0.6) is 0 Å². The second-order valence-electron chi connectivity index (χ2n) is 5.43. The Kier molecular flexibility index (Phi) is 3.60. The number of carbonyl (C=O) groups is 1. The summed E-state index contributed by atoms with van der Waals surface area (Å²) in [6.07, 6.45) is 2.14. The molecular formula is C12H19F2NO3. The van der Waals surface area contributed by atoms with Crippen LogP contribution < -0.4 is 5.32 Å². The SMILES string of the molecule is O=C(NCC1CCCC1O)C(F)(F)C1(O)CCC1. The Hall–Kier alpha value is -0.750. The maximum atomic E-state index is 13.7. The van der Waals surface area contributed by atoms with E-state index >= 15 is 0 Å². The van der Waals surface area contributed by atoms with E-state index in [-0.39, 0.29) is 25.3 Å². The van der Waals surface area contributed by atoms with Crippen LogP contribution in [-0.4, -0.2) is 40.3 Å². The first kappa shape index (κ1) is 13.7. The zero-order valence-electron chi connectivity index (χ0n) is 10.2. The summed E-state index contributed by atoms with van der Waals surface area (Å²) in [7, 11) is 0. The van der Waals surface area contributed by atoms with Gasteiger partial charge in [0, 0.05) is 12.5 Å². The van der Waals surface area contributed by atoms with Gasteiger partial charge < -0.3 is 15.5 Å². The molecule has 4 nitrogen and oxygen atoms in total. The third kappa shape index (κ3) is 2.23. The van der Waals surface area contributed by atoms with Gasteiger partial charge in [-0.15, -0.1) is 0 Å². The molecule has 0 saturated heterocycles. The molecule has 0 radical (unpaired) electrons. The van der Waals surface area contributed by atoms with Gasteiger partial charge in [-0.05, 0) is 32.1 Å². The number of halogens is 2. The van der Waals surface area contributed by atoms with Crippen molar-refractivity contribution in [3.8, 4) is 0 Å². The first-order valence-corrected chi connectivity index (χ1v) is 6.43.